The summed E-state index contributed by atoms with van der Waals surface area (Å²) in [4.78, 5) is 68.9. The molecule has 0 atom stereocenters. The number of nitrogens with zero attached hydrogens (tertiary/aromatic N) is 14. The van der Waals surface area contributed by atoms with Crippen molar-refractivity contribution in [2.75, 3.05) is 82.7 Å². The number of carboxylic acid groups (broad SMARTS) is 1. The predicted molar refractivity (Wildman–Crippen MR) is 541 cm³/mol. The van der Waals surface area contributed by atoms with Crippen molar-refractivity contribution < 1.29 is 63.2 Å². The van der Waals surface area contributed by atoms with E-state index in [0.29, 0.717) is 124 Å². The first kappa shape index (κ1) is 108. The third-order valence-corrected chi connectivity index (χ3v) is 21.7. The molecular formula is C100H100BrCl5LiN19O9. The second-order valence-electron chi connectivity index (χ2n) is 31.1. The first-order chi connectivity index (χ1) is 63.2. The number of hydrogen-bond donors (Lipinski definition) is 7. The smallest absolute Gasteiger partial charge is 0.870 e. The number of nitrogens with one attached hydrogen (secondary N) is 3. The molecule has 16 aromatic rings. The van der Waals surface area contributed by atoms with Gasteiger partial charge < -0.3 is 62.4 Å². The molecule has 0 bridgehead atoms. The number of ketones is 1. The molecule has 0 saturated carbocycles. The molecule has 692 valence electrons. The number of nitrogens with two attached hydrogens (primary N) is 2. The Labute approximate surface area is 828 Å². The van der Waals surface area contributed by atoms with Crippen LogP contribution in [0.15, 0.2) is 223 Å². The van der Waals surface area contributed by atoms with E-state index in [0.717, 1.165) is 125 Å². The minimum absolute atomic E-state index is 0. The number of rotatable bonds is 22. The average molecular weight is 1980 g/mol. The number of aromatic nitrogens is 12. The summed E-state index contributed by atoms with van der Waals surface area (Å²) >= 11 is 28.7. The summed E-state index contributed by atoms with van der Waals surface area (Å²) in [6.07, 6.45) is 1.32. The van der Waals surface area contributed by atoms with Crippen LogP contribution in [-0.4, -0.2) is 171 Å². The fraction of sp³-hybridized carbons (Fsp3) is 0.200. The Morgan fingerprint density at radius 1 is 0.415 bits per heavy atom. The monoisotopic (exact) mass is 1970 g/mol. The maximum Gasteiger partial charge on any atom is 1.00 e. The van der Waals surface area contributed by atoms with Gasteiger partial charge in [-0.25, -0.2) is 34.3 Å². The quantitative estimate of drug-likeness (QED) is 0.0188. The Kier molecular flexibility index (Phi) is 40.6. The van der Waals surface area contributed by atoms with Crippen molar-refractivity contribution in [2.24, 2.45) is 5.73 Å². The Balaban J connectivity index is 0.000000209. The second kappa shape index (κ2) is 51.0. The molecule has 0 radical (unpaired) electrons. The SMILES string of the molecule is CCOC(=O)c1cccc(Br)c1.CCOC(=O)c1cccc(Nc2nnc3cc(-c4cc(C)ccc4Cl)cc(C)c3n2)c1.CN(C)CCN.Cc1cc(-c2cc(O)ccc2Cl)cc2nnc(Nc3cccc(C(=O)CCCN(C)C)c3)nc12.Cc1ccc(Cl)c(-c2cc(C)c3nc(N)nnc3c2)c1.Cc1ccc(Cl)c(-c2cc(C)c3nc(Nc4cccc(C(=O)O)c4)nnc3c2)c1.Cl.[Li+].[OH-]. The Hall–Kier alpha value is -12.8. The summed E-state index contributed by atoms with van der Waals surface area (Å²) in [7, 11) is 8.01. The number of hydrogen-bond acceptors (Lipinski definition) is 27. The number of ether oxygens (including phenoxy) is 2. The van der Waals surface area contributed by atoms with Gasteiger partial charge >= 0.3 is 36.8 Å². The summed E-state index contributed by atoms with van der Waals surface area (Å²) in [5, 5.41) is 64.3. The number of carbonyl (C=O) groups excluding carboxylic acids is 3. The maximum atomic E-state index is 12.5. The van der Waals surface area contributed by atoms with E-state index in [1.54, 1.807) is 80.6 Å². The van der Waals surface area contributed by atoms with Gasteiger partial charge in [-0.15, -0.1) is 53.2 Å². The van der Waals surface area contributed by atoms with E-state index >= 15 is 0 Å². The molecule has 4 aromatic heterocycles. The van der Waals surface area contributed by atoms with Gasteiger partial charge in [-0.1, -0.05) is 128 Å². The number of benzene rings is 12. The number of fused-ring (bicyclic) bond motifs is 4. The summed E-state index contributed by atoms with van der Waals surface area (Å²) in [5.41, 5.74) is 34.7. The molecule has 12 aromatic carbocycles. The molecule has 0 aliphatic rings. The zero-order chi connectivity index (χ0) is 95.0. The number of esters is 2. The molecule has 0 amide bonds. The van der Waals surface area contributed by atoms with Crippen molar-refractivity contribution >= 4 is 183 Å². The maximum absolute atomic E-state index is 12.5. The van der Waals surface area contributed by atoms with Crippen molar-refractivity contribution in [1.29, 1.82) is 0 Å². The van der Waals surface area contributed by atoms with E-state index in [1.807, 2.05) is 204 Å². The minimum Gasteiger partial charge on any atom is -0.870 e. The zero-order valence-corrected chi connectivity index (χ0v) is 82.2. The third-order valence-electron chi connectivity index (χ3n) is 19.9. The normalized spacial score (nSPS) is 10.6. The molecule has 0 saturated heterocycles. The van der Waals surface area contributed by atoms with Crippen LogP contribution in [0, 0.1) is 48.5 Å². The number of aryl methyl sites for hydroxylation is 7. The molecule has 10 N–H and O–H groups in total. The van der Waals surface area contributed by atoms with E-state index in [-0.39, 0.29) is 71.7 Å². The molecular weight excluding hydrogens is 1880 g/mol. The fourth-order valence-electron chi connectivity index (χ4n) is 13.6. The molecule has 0 aliphatic heterocycles. The molecule has 35 heteroatoms. The summed E-state index contributed by atoms with van der Waals surface area (Å²) in [6.45, 7) is 20.9. The standard InChI is InChI=1S/C26H26ClN5O2.C24H21ClN4O2.C22H17ClN4O2.C15H13ClN4.C9H9BrO2.C4H12N2.ClH.Li.H2O/c1-16-12-18(21-15-20(33)9-10-22(21)27)14-23-25(16)29-26(31-30-23)28-19-7-4-6-17(13-19)24(34)8-5-11-32(2)3;1-4-31-23(30)16-6-5-7-18(12-16)26-24-27-22-15(3)11-17(13-21(22)28-29-24)19-10-14(2)8-9-20(19)25;1-12-6-7-18(23)17(8-12)15-9-13(2)20-19(11-15)26-27-22(25-20)24-16-5-3-4-14(10-16)21(28)29;1-8-3-4-12(16)11(5-8)10-6-9(2)14-13(7-10)19-20-15(17)18-14;1-2-12-9(11)7-4-3-5-8(10)6-7;1-6(2)4-3-5;;;/h4,6-7,9-10,12-15,33H,5,8,11H2,1-3H3,(H,28,29,31);5-13H,4H2,1-3H3,(H,26,27,29);3-11H,1-2H3,(H,28,29)(H,24,25,27);3-7H,1-2H3,(H2,17,18,20);3-6H,2H2,1H3;3-5H2,1-2H3;1H;;1H2/q;;;;;;;+1;/p-1. The van der Waals surface area contributed by atoms with Gasteiger partial charge in [-0.2, -0.15) is 0 Å². The van der Waals surface area contributed by atoms with Crippen molar-refractivity contribution in [2.45, 2.75) is 75.2 Å². The summed E-state index contributed by atoms with van der Waals surface area (Å²) < 4.78 is 10.8. The number of halogens is 6. The van der Waals surface area contributed by atoms with E-state index in [1.165, 1.54) is 12.1 Å². The van der Waals surface area contributed by atoms with Crippen molar-refractivity contribution in [3.05, 3.63) is 304 Å². The van der Waals surface area contributed by atoms with Crippen LogP contribution in [0.1, 0.15) is 107 Å². The number of nitrogen functional groups attached to an aromatic ring is 1. The zero-order valence-electron chi connectivity index (χ0n) is 76.7. The number of likely N-dealkylation sites (N-methyl/N-ethyl adjacent to an activating group) is 1. The first-order valence-corrected chi connectivity index (χ1v) is 44.1. The van der Waals surface area contributed by atoms with Gasteiger partial charge in [-0.3, -0.25) is 4.79 Å². The van der Waals surface area contributed by atoms with E-state index < -0.39 is 5.97 Å². The number of Topliss-reactive ketones (excluding diaryl/α,β-unsaturated/α-hetero) is 1. The van der Waals surface area contributed by atoms with Gasteiger partial charge in [0.15, 0.2) is 5.78 Å². The molecule has 0 unspecified atom stereocenters. The first-order valence-electron chi connectivity index (χ1n) is 41.8. The van der Waals surface area contributed by atoms with E-state index in [9.17, 15) is 24.3 Å². The van der Waals surface area contributed by atoms with Crippen LogP contribution in [-0.2, 0) is 9.47 Å². The van der Waals surface area contributed by atoms with Crippen LogP contribution in [0.2, 0.25) is 20.1 Å². The Morgan fingerprint density at radius 2 is 0.748 bits per heavy atom. The van der Waals surface area contributed by atoms with Gasteiger partial charge in [0.05, 0.1) is 52.0 Å². The number of phenols is 1. The largest absolute Gasteiger partial charge is 1.00 e. The molecule has 28 nitrogen and oxygen atoms in total. The molecule has 0 fully saturated rings. The van der Waals surface area contributed by atoms with Gasteiger partial charge in [0.2, 0.25) is 23.8 Å². The van der Waals surface area contributed by atoms with Gasteiger partial charge in [-0.05, 0) is 318 Å². The van der Waals surface area contributed by atoms with E-state index in [2.05, 4.69) is 115 Å². The van der Waals surface area contributed by atoms with Crippen molar-refractivity contribution in [3.63, 3.8) is 0 Å². The number of aromatic hydroxyl groups is 1. The summed E-state index contributed by atoms with van der Waals surface area (Å²) in [6, 6.07) is 66.2. The number of aromatic carboxylic acids is 1. The van der Waals surface area contributed by atoms with Crippen LogP contribution < -0.4 is 46.3 Å². The Morgan fingerprint density at radius 3 is 1.11 bits per heavy atom. The van der Waals surface area contributed by atoms with Gasteiger partial charge in [0.25, 0.3) is 0 Å². The molecule has 0 aliphatic carbocycles. The number of carboxylic acids is 1. The fourth-order valence-corrected chi connectivity index (χ4v) is 14.9. The third kappa shape index (κ3) is 30.3. The van der Waals surface area contributed by atoms with Crippen LogP contribution in [0.25, 0.3) is 88.6 Å². The van der Waals surface area contributed by atoms with Gasteiger partial charge in [0, 0.05) is 89.0 Å². The molecule has 135 heavy (non-hydrogen) atoms. The van der Waals surface area contributed by atoms with Gasteiger partial charge in [0.1, 0.15) is 27.8 Å². The minimum atomic E-state index is -0.996. The number of carbonyl (C=O) groups is 4. The van der Waals surface area contributed by atoms with E-state index in [4.69, 9.17) is 72.5 Å². The predicted octanol–water partition coefficient (Wildman–Crippen LogP) is 19.8. The molecule has 4 heterocycles. The van der Waals surface area contributed by atoms with Crippen LogP contribution in [0.5, 0.6) is 5.75 Å². The summed E-state index contributed by atoms with van der Waals surface area (Å²) in [5.74, 6) is -0.235. The van der Waals surface area contributed by atoms with Crippen molar-refractivity contribution in [1.82, 2.24) is 70.5 Å². The van der Waals surface area contributed by atoms with Crippen molar-refractivity contribution in [3.8, 4) is 50.3 Å². The second-order valence-corrected chi connectivity index (χ2v) is 33.7. The van der Waals surface area contributed by atoms with Crippen LogP contribution in [0.4, 0.5) is 40.9 Å². The molecule has 0 spiro atoms. The topological polar surface area (TPSA) is 406 Å². The molecule has 16 rings (SSSR count). The Bertz CT molecular complexity index is 6920. The van der Waals surface area contributed by atoms with Crippen LogP contribution in [0.3, 0.4) is 0 Å². The van der Waals surface area contributed by atoms with Crippen LogP contribution >= 0.6 is 74.7 Å². The number of phenolic OH excluding ortho intramolecular Hbond substituents is 1. The average Bonchev–Trinajstić information content (AvgIpc) is 0.801. The number of anilines is 7.